The van der Waals surface area contributed by atoms with Crippen molar-refractivity contribution in [2.45, 2.75) is 50.7 Å². The van der Waals surface area contributed by atoms with Crippen LogP contribution >= 0.6 is 0 Å². The second-order valence-electron chi connectivity index (χ2n) is 8.42. The van der Waals surface area contributed by atoms with E-state index in [1.165, 1.54) is 29.9 Å². The second-order valence-corrected chi connectivity index (χ2v) is 8.42. The van der Waals surface area contributed by atoms with Crippen LogP contribution in [0, 0.1) is 0 Å². The summed E-state index contributed by atoms with van der Waals surface area (Å²) in [5.41, 5.74) is 0.688. The molecule has 3 aromatic rings. The third-order valence-corrected chi connectivity index (χ3v) is 6.00. The molecule has 178 valence electrons. The first kappa shape index (κ1) is 23.4. The van der Waals surface area contributed by atoms with Crippen LogP contribution in [0.5, 0.6) is 0 Å². The molecule has 2 heterocycles. The lowest BCUT2D eigenvalue weighted by Crippen LogP contribution is -2.49. The van der Waals surface area contributed by atoms with E-state index in [0.717, 1.165) is 25.7 Å². The van der Waals surface area contributed by atoms with Gasteiger partial charge in [0.05, 0.1) is 25.6 Å². The minimum Gasteiger partial charge on any atom is -0.467 e. The third kappa shape index (κ3) is 5.95. The highest BCUT2D eigenvalue weighted by Gasteiger charge is 2.33. The highest BCUT2D eigenvalue weighted by Crippen LogP contribution is 2.26. The van der Waals surface area contributed by atoms with Gasteiger partial charge in [-0.25, -0.2) is 0 Å². The Morgan fingerprint density at radius 1 is 0.912 bits per heavy atom. The highest BCUT2D eigenvalue weighted by atomic mass is 16.3. The summed E-state index contributed by atoms with van der Waals surface area (Å²) in [7, 11) is 0. The number of carbonyl (C=O) groups excluding carboxylic acids is 3. The zero-order chi connectivity index (χ0) is 23.8. The SMILES string of the molecule is O=C(NCC(=O)N(Cc1ccco1)C(C(=O)NC1CCCCC1)c1ccccc1)c1ccco1. The molecular formula is C26H29N3O5. The van der Waals surface area contributed by atoms with Gasteiger partial charge in [-0.15, -0.1) is 0 Å². The lowest BCUT2D eigenvalue weighted by atomic mass is 9.94. The van der Waals surface area contributed by atoms with E-state index in [9.17, 15) is 14.4 Å². The van der Waals surface area contributed by atoms with E-state index in [1.54, 1.807) is 18.2 Å². The Hall–Kier alpha value is -3.81. The molecule has 1 saturated carbocycles. The minimum atomic E-state index is -0.874. The van der Waals surface area contributed by atoms with Crippen molar-refractivity contribution < 1.29 is 23.2 Å². The van der Waals surface area contributed by atoms with Crippen molar-refractivity contribution in [1.29, 1.82) is 0 Å². The van der Waals surface area contributed by atoms with Gasteiger partial charge in [0, 0.05) is 6.04 Å². The average molecular weight is 464 g/mol. The Morgan fingerprint density at radius 3 is 2.32 bits per heavy atom. The van der Waals surface area contributed by atoms with Crippen LogP contribution in [0.4, 0.5) is 0 Å². The molecule has 34 heavy (non-hydrogen) atoms. The molecule has 0 bridgehead atoms. The Bertz CT molecular complexity index is 1060. The predicted octanol–water partition coefficient (Wildman–Crippen LogP) is 3.82. The van der Waals surface area contributed by atoms with Gasteiger partial charge in [-0.3, -0.25) is 14.4 Å². The standard InChI is InChI=1S/C26H29N3O5/c30-23(17-27-25(31)22-14-8-16-34-22)29(18-21-13-7-15-33-21)24(19-9-3-1-4-10-19)26(32)28-20-11-5-2-6-12-20/h1,3-4,7-10,13-16,20,24H,2,5-6,11-12,17-18H2,(H,27,31)(H,28,32). The van der Waals surface area contributed by atoms with Gasteiger partial charge in [0.2, 0.25) is 11.8 Å². The summed E-state index contributed by atoms with van der Waals surface area (Å²) in [4.78, 5) is 40.8. The van der Waals surface area contributed by atoms with E-state index in [2.05, 4.69) is 10.6 Å². The van der Waals surface area contributed by atoms with Crippen molar-refractivity contribution in [3.8, 4) is 0 Å². The lowest BCUT2D eigenvalue weighted by Gasteiger charge is -2.33. The number of nitrogens with zero attached hydrogens (tertiary/aromatic N) is 1. The van der Waals surface area contributed by atoms with E-state index >= 15 is 0 Å². The van der Waals surface area contributed by atoms with Crippen molar-refractivity contribution in [2.24, 2.45) is 0 Å². The molecule has 0 aliphatic heterocycles. The molecule has 0 saturated heterocycles. The summed E-state index contributed by atoms with van der Waals surface area (Å²) >= 11 is 0. The molecule has 1 aliphatic carbocycles. The molecule has 1 aromatic carbocycles. The van der Waals surface area contributed by atoms with Gasteiger partial charge < -0.3 is 24.4 Å². The van der Waals surface area contributed by atoms with Crippen LogP contribution in [0.3, 0.4) is 0 Å². The molecule has 8 nitrogen and oxygen atoms in total. The summed E-state index contributed by atoms with van der Waals surface area (Å²) in [6.45, 7) is -0.208. The predicted molar refractivity (Wildman–Crippen MR) is 124 cm³/mol. The first-order chi connectivity index (χ1) is 16.6. The van der Waals surface area contributed by atoms with Crippen LogP contribution in [0.1, 0.15) is 60.0 Å². The van der Waals surface area contributed by atoms with Gasteiger partial charge in [-0.1, -0.05) is 49.6 Å². The summed E-state index contributed by atoms with van der Waals surface area (Å²) < 4.78 is 10.6. The quantitative estimate of drug-likeness (QED) is 0.502. The number of hydrogen-bond acceptors (Lipinski definition) is 5. The van der Waals surface area contributed by atoms with Gasteiger partial charge in [0.25, 0.3) is 5.91 Å². The van der Waals surface area contributed by atoms with E-state index in [-0.39, 0.29) is 30.8 Å². The number of nitrogens with one attached hydrogen (secondary N) is 2. The van der Waals surface area contributed by atoms with Crippen molar-refractivity contribution >= 4 is 17.7 Å². The number of hydrogen-bond donors (Lipinski definition) is 2. The average Bonchev–Trinajstić information content (AvgIpc) is 3.58. The van der Waals surface area contributed by atoms with Gasteiger partial charge in [-0.2, -0.15) is 0 Å². The minimum absolute atomic E-state index is 0.0834. The van der Waals surface area contributed by atoms with Gasteiger partial charge >= 0.3 is 0 Å². The monoisotopic (exact) mass is 463 g/mol. The topological polar surface area (TPSA) is 105 Å². The Kier molecular flexibility index (Phi) is 7.80. The maximum atomic E-state index is 13.6. The maximum absolute atomic E-state index is 13.6. The highest BCUT2D eigenvalue weighted by molar-refractivity contribution is 5.95. The fourth-order valence-electron chi connectivity index (χ4n) is 4.28. The summed E-state index contributed by atoms with van der Waals surface area (Å²) in [5, 5.41) is 5.74. The molecule has 1 aliphatic rings. The van der Waals surface area contributed by atoms with Crippen LogP contribution in [0.25, 0.3) is 0 Å². The smallest absolute Gasteiger partial charge is 0.287 e. The molecular weight excluding hydrogens is 434 g/mol. The van der Waals surface area contributed by atoms with Gasteiger partial charge in [0.1, 0.15) is 11.8 Å². The molecule has 1 fully saturated rings. The maximum Gasteiger partial charge on any atom is 0.287 e. The molecule has 4 rings (SSSR count). The number of rotatable bonds is 9. The van der Waals surface area contributed by atoms with E-state index in [1.807, 2.05) is 30.3 Å². The largest absolute Gasteiger partial charge is 0.467 e. The van der Waals surface area contributed by atoms with Crippen LogP contribution in [-0.4, -0.2) is 35.2 Å². The molecule has 2 N–H and O–H groups in total. The van der Waals surface area contributed by atoms with Crippen LogP contribution in [0.15, 0.2) is 76.0 Å². The summed E-state index contributed by atoms with van der Waals surface area (Å²) in [6.07, 6.45) is 8.10. The van der Waals surface area contributed by atoms with Crippen LogP contribution in [0.2, 0.25) is 0 Å². The number of carbonyl (C=O) groups is 3. The number of furan rings is 2. The molecule has 0 spiro atoms. The third-order valence-electron chi connectivity index (χ3n) is 6.00. The van der Waals surface area contributed by atoms with Crippen LogP contribution < -0.4 is 10.6 Å². The van der Waals surface area contributed by atoms with E-state index in [4.69, 9.17) is 8.83 Å². The summed E-state index contributed by atoms with van der Waals surface area (Å²) in [6, 6.07) is 15.0. The lowest BCUT2D eigenvalue weighted by molar-refractivity contribution is -0.141. The summed E-state index contributed by atoms with van der Waals surface area (Å²) in [5.74, 6) is -0.504. The zero-order valence-corrected chi connectivity index (χ0v) is 18.9. The number of amides is 3. The Balaban J connectivity index is 1.58. The molecule has 1 atom stereocenters. The van der Waals surface area contributed by atoms with Crippen molar-refractivity contribution in [1.82, 2.24) is 15.5 Å². The van der Waals surface area contributed by atoms with Crippen LogP contribution in [-0.2, 0) is 16.1 Å². The fraction of sp³-hybridized carbons (Fsp3) is 0.346. The first-order valence-corrected chi connectivity index (χ1v) is 11.6. The Labute approximate surface area is 198 Å². The van der Waals surface area contributed by atoms with Crippen molar-refractivity contribution in [3.63, 3.8) is 0 Å². The van der Waals surface area contributed by atoms with Gasteiger partial charge in [-0.05, 0) is 42.7 Å². The van der Waals surface area contributed by atoms with Crippen molar-refractivity contribution in [2.75, 3.05) is 6.54 Å². The molecule has 0 radical (unpaired) electrons. The molecule has 1 unspecified atom stereocenters. The first-order valence-electron chi connectivity index (χ1n) is 11.6. The second kappa shape index (κ2) is 11.4. The zero-order valence-electron chi connectivity index (χ0n) is 18.9. The number of benzene rings is 1. The molecule has 2 aromatic heterocycles. The Morgan fingerprint density at radius 2 is 1.65 bits per heavy atom. The van der Waals surface area contributed by atoms with Crippen molar-refractivity contribution in [3.05, 3.63) is 84.2 Å². The fourth-order valence-corrected chi connectivity index (χ4v) is 4.28. The van der Waals surface area contributed by atoms with E-state index < -0.39 is 17.9 Å². The van der Waals surface area contributed by atoms with Gasteiger partial charge in [0.15, 0.2) is 5.76 Å². The molecule has 8 heteroatoms. The normalized spacial score (nSPS) is 14.8. The van der Waals surface area contributed by atoms with E-state index in [0.29, 0.717) is 11.3 Å². The molecule has 3 amide bonds.